The van der Waals surface area contributed by atoms with E-state index in [-0.39, 0.29) is 32.0 Å². The second kappa shape index (κ2) is 14.5. The van der Waals surface area contributed by atoms with Crippen LogP contribution in [0.3, 0.4) is 0 Å². The van der Waals surface area contributed by atoms with E-state index in [0.29, 0.717) is 12.8 Å². The summed E-state index contributed by atoms with van der Waals surface area (Å²) in [5.74, 6) is -6.85. The van der Waals surface area contributed by atoms with Crippen molar-refractivity contribution in [3.63, 3.8) is 0 Å². The van der Waals surface area contributed by atoms with Crippen molar-refractivity contribution >= 4 is 18.0 Å². The van der Waals surface area contributed by atoms with E-state index in [1.165, 1.54) is 6.92 Å². The van der Waals surface area contributed by atoms with Crippen molar-refractivity contribution in [3.05, 3.63) is 35.9 Å². The molecule has 1 rings (SSSR count). The topological polar surface area (TPSA) is 114 Å². The monoisotopic (exact) mass is 486 g/mol. The van der Waals surface area contributed by atoms with Gasteiger partial charge in [-0.2, -0.15) is 8.78 Å². The van der Waals surface area contributed by atoms with Crippen LogP contribution in [-0.4, -0.2) is 53.8 Å². The lowest BCUT2D eigenvalue weighted by Crippen LogP contribution is -2.58. The summed E-state index contributed by atoms with van der Waals surface area (Å²) in [6.07, 6.45) is -2.09. The summed E-state index contributed by atoms with van der Waals surface area (Å²) < 4.78 is 38.4. The number of amides is 2. The number of ether oxygens (including phenoxy) is 2. The van der Waals surface area contributed by atoms with Crippen LogP contribution in [-0.2, 0) is 25.7 Å². The first-order valence-corrected chi connectivity index (χ1v) is 11.5. The van der Waals surface area contributed by atoms with Gasteiger partial charge in [0.2, 0.25) is 5.91 Å². The third-order valence-electron chi connectivity index (χ3n) is 5.02. The minimum absolute atomic E-state index is 0.00521. The van der Waals surface area contributed by atoms with E-state index in [0.717, 1.165) is 5.56 Å². The highest BCUT2D eigenvalue weighted by Gasteiger charge is 2.51. The number of hydrogen-bond acceptors (Lipinski definition) is 6. The molecular weight excluding hydrogens is 450 g/mol. The Morgan fingerprint density at radius 1 is 1.06 bits per heavy atom. The molecule has 0 saturated carbocycles. The highest BCUT2D eigenvalue weighted by Crippen LogP contribution is 2.25. The summed E-state index contributed by atoms with van der Waals surface area (Å²) in [6, 6.07) is 6.43. The summed E-state index contributed by atoms with van der Waals surface area (Å²) in [6.45, 7) is 6.56. The van der Waals surface area contributed by atoms with E-state index >= 15 is 0 Å². The van der Waals surface area contributed by atoms with Crippen LogP contribution in [0.2, 0.25) is 0 Å². The van der Waals surface area contributed by atoms with Gasteiger partial charge in [0, 0.05) is 0 Å². The van der Waals surface area contributed by atoms with Crippen LogP contribution >= 0.6 is 0 Å². The summed E-state index contributed by atoms with van der Waals surface area (Å²) >= 11 is 0. The number of hydrogen-bond donors (Lipinski definition) is 3. The molecule has 192 valence electrons. The van der Waals surface area contributed by atoms with Crippen LogP contribution in [0.5, 0.6) is 0 Å². The average molecular weight is 487 g/mol. The largest absolute Gasteiger partial charge is 0.461 e. The molecule has 0 aliphatic heterocycles. The zero-order valence-corrected chi connectivity index (χ0v) is 20.2. The molecule has 0 aliphatic rings. The molecule has 0 saturated heterocycles. The minimum Gasteiger partial charge on any atom is -0.461 e. The summed E-state index contributed by atoms with van der Waals surface area (Å²) in [5, 5.41) is 15.1. The number of carbonyl (C=O) groups is 3. The van der Waals surface area contributed by atoms with Gasteiger partial charge in [-0.25, -0.2) is 9.59 Å². The van der Waals surface area contributed by atoms with E-state index in [9.17, 15) is 28.3 Å². The lowest BCUT2D eigenvalue weighted by Gasteiger charge is -2.30. The molecular formula is C24H36F2N2O6. The molecule has 34 heavy (non-hydrogen) atoms. The van der Waals surface area contributed by atoms with Crippen LogP contribution in [0.1, 0.15) is 58.9 Å². The quantitative estimate of drug-likeness (QED) is 0.347. The van der Waals surface area contributed by atoms with Gasteiger partial charge >= 0.3 is 18.0 Å². The molecule has 0 aliphatic carbocycles. The van der Waals surface area contributed by atoms with Gasteiger partial charge in [0.1, 0.15) is 18.8 Å². The number of halogens is 2. The maximum atomic E-state index is 14.4. The first-order chi connectivity index (χ1) is 16.0. The first-order valence-electron chi connectivity index (χ1n) is 11.5. The van der Waals surface area contributed by atoms with Gasteiger partial charge in [-0.3, -0.25) is 4.79 Å². The van der Waals surface area contributed by atoms with Gasteiger partial charge in [0.15, 0.2) is 0 Å². The van der Waals surface area contributed by atoms with Crippen molar-refractivity contribution in [2.75, 3.05) is 6.61 Å². The number of esters is 1. The second-order valence-corrected chi connectivity index (χ2v) is 8.43. The van der Waals surface area contributed by atoms with Gasteiger partial charge in [0.25, 0.3) is 0 Å². The zero-order valence-electron chi connectivity index (χ0n) is 20.2. The number of rotatable bonds is 14. The molecule has 3 atom stereocenters. The van der Waals surface area contributed by atoms with Crippen molar-refractivity contribution in [3.8, 4) is 0 Å². The smallest absolute Gasteiger partial charge is 0.408 e. The number of nitrogens with one attached hydrogen (secondary N) is 2. The molecule has 0 fully saturated rings. The Morgan fingerprint density at radius 3 is 2.26 bits per heavy atom. The summed E-state index contributed by atoms with van der Waals surface area (Å²) in [4.78, 5) is 36.9. The number of alkyl carbamates (subject to hydrolysis) is 1. The summed E-state index contributed by atoms with van der Waals surface area (Å²) in [5.41, 5.74) is 0.756. The SMILES string of the molecule is CCCCC(NC(=O)[C@H](CC(C)C)NC(=O)OCc1ccccc1)C(O)C(F)(F)C(=O)OCC. The number of aliphatic hydroxyl groups is 1. The molecule has 0 bridgehead atoms. The Morgan fingerprint density at radius 2 is 1.71 bits per heavy atom. The number of unbranched alkanes of at least 4 members (excludes halogenated alkanes) is 1. The molecule has 3 N–H and O–H groups in total. The van der Waals surface area contributed by atoms with E-state index in [2.05, 4.69) is 15.4 Å². The van der Waals surface area contributed by atoms with Crippen LogP contribution in [0, 0.1) is 5.92 Å². The van der Waals surface area contributed by atoms with Crippen molar-refractivity contribution < 1.29 is 37.7 Å². The fourth-order valence-corrected chi connectivity index (χ4v) is 3.23. The number of carbonyl (C=O) groups excluding carboxylic acids is 3. The molecule has 1 aromatic carbocycles. The summed E-state index contributed by atoms with van der Waals surface area (Å²) in [7, 11) is 0. The number of aliphatic hydroxyl groups excluding tert-OH is 1. The van der Waals surface area contributed by atoms with Gasteiger partial charge in [-0.15, -0.1) is 0 Å². The second-order valence-electron chi connectivity index (χ2n) is 8.43. The van der Waals surface area contributed by atoms with E-state index in [1.807, 2.05) is 26.8 Å². The first kappa shape index (κ1) is 29.3. The molecule has 8 nitrogen and oxygen atoms in total. The van der Waals surface area contributed by atoms with Crippen LogP contribution in [0.4, 0.5) is 13.6 Å². The van der Waals surface area contributed by atoms with Crippen molar-refractivity contribution in [1.82, 2.24) is 10.6 Å². The Labute approximate surface area is 199 Å². The lowest BCUT2D eigenvalue weighted by molar-refractivity contribution is -0.191. The highest BCUT2D eigenvalue weighted by atomic mass is 19.3. The molecule has 0 heterocycles. The Hall–Kier alpha value is -2.75. The Balaban J connectivity index is 2.91. The van der Waals surface area contributed by atoms with E-state index in [4.69, 9.17) is 4.74 Å². The third-order valence-corrected chi connectivity index (χ3v) is 5.02. The predicted molar refractivity (Wildman–Crippen MR) is 122 cm³/mol. The van der Waals surface area contributed by atoms with Crippen molar-refractivity contribution in [1.29, 1.82) is 0 Å². The minimum atomic E-state index is -4.21. The van der Waals surface area contributed by atoms with Crippen LogP contribution < -0.4 is 10.6 Å². The fourth-order valence-electron chi connectivity index (χ4n) is 3.23. The van der Waals surface area contributed by atoms with Crippen molar-refractivity contribution in [2.45, 2.75) is 84.1 Å². The third kappa shape index (κ3) is 9.62. The Kier molecular flexibility index (Phi) is 12.5. The van der Waals surface area contributed by atoms with E-state index in [1.54, 1.807) is 24.3 Å². The predicted octanol–water partition coefficient (Wildman–Crippen LogP) is 3.56. The number of alkyl halides is 2. The van der Waals surface area contributed by atoms with Gasteiger partial charge in [-0.1, -0.05) is 63.9 Å². The molecule has 1 aromatic rings. The van der Waals surface area contributed by atoms with Crippen LogP contribution in [0.15, 0.2) is 30.3 Å². The van der Waals surface area contributed by atoms with Gasteiger partial charge < -0.3 is 25.2 Å². The molecule has 2 amide bonds. The fraction of sp³-hybridized carbons (Fsp3) is 0.625. The highest BCUT2D eigenvalue weighted by molar-refractivity contribution is 5.86. The molecule has 2 unspecified atom stereocenters. The Bertz CT molecular complexity index is 776. The molecule has 10 heteroatoms. The molecule has 0 radical (unpaired) electrons. The van der Waals surface area contributed by atoms with Crippen LogP contribution in [0.25, 0.3) is 0 Å². The molecule has 0 spiro atoms. The van der Waals surface area contributed by atoms with Gasteiger partial charge in [-0.05, 0) is 31.2 Å². The lowest BCUT2D eigenvalue weighted by atomic mass is 9.97. The standard InChI is InChI=1S/C24H36F2N2O6/c1-5-7-13-18(20(29)24(25,26)22(31)33-6-2)27-21(30)19(14-16(3)4)28-23(32)34-15-17-11-9-8-10-12-17/h8-12,16,18-20,29H,5-7,13-15H2,1-4H3,(H,27,30)(H,28,32)/t18?,19-,20?/m0/s1. The van der Waals surface area contributed by atoms with E-state index < -0.39 is 42.1 Å². The maximum Gasteiger partial charge on any atom is 0.408 e. The normalized spacial score (nSPS) is 14.1. The average Bonchev–Trinajstić information content (AvgIpc) is 2.79. The van der Waals surface area contributed by atoms with Crippen molar-refractivity contribution in [2.24, 2.45) is 5.92 Å². The van der Waals surface area contributed by atoms with Gasteiger partial charge in [0.05, 0.1) is 12.6 Å². The maximum absolute atomic E-state index is 14.4. The number of benzene rings is 1. The molecule has 0 aromatic heterocycles. The zero-order chi connectivity index (χ0) is 25.7.